The minimum Gasteiger partial charge on any atom is -0.302 e. The predicted octanol–water partition coefficient (Wildman–Crippen LogP) is 3.21. The molecule has 3 rings (SSSR count). The number of carbonyl (C=O) groups excluding carboxylic acids is 1. The van der Waals surface area contributed by atoms with Gasteiger partial charge < -0.3 is 4.90 Å². The van der Waals surface area contributed by atoms with E-state index >= 15 is 0 Å². The molecule has 3 nitrogen and oxygen atoms in total. The van der Waals surface area contributed by atoms with E-state index < -0.39 is 0 Å². The summed E-state index contributed by atoms with van der Waals surface area (Å²) in [5.74, 6) is 0.143. The van der Waals surface area contributed by atoms with E-state index in [9.17, 15) is 4.79 Å². The zero-order chi connectivity index (χ0) is 14.8. The Hall–Kier alpha value is -0.910. The van der Waals surface area contributed by atoms with Crippen LogP contribution in [0.15, 0.2) is 24.3 Å². The van der Waals surface area contributed by atoms with E-state index in [0.29, 0.717) is 4.32 Å². The van der Waals surface area contributed by atoms with Crippen molar-refractivity contribution in [3.8, 4) is 0 Å². The molecule has 2 heterocycles. The number of thioether (sulfide) groups is 1. The zero-order valence-electron chi connectivity index (χ0n) is 12.2. The van der Waals surface area contributed by atoms with Gasteiger partial charge in [0.25, 0.3) is 0 Å². The maximum absolute atomic E-state index is 12.7. The molecule has 21 heavy (non-hydrogen) atoms. The molecular formula is C16H20N2OS2. The Balaban J connectivity index is 1.74. The van der Waals surface area contributed by atoms with Gasteiger partial charge in [0.15, 0.2) is 0 Å². The number of hydrogen-bond acceptors (Lipinski definition) is 4. The van der Waals surface area contributed by atoms with Crippen LogP contribution in [0, 0.1) is 6.92 Å². The van der Waals surface area contributed by atoms with Crippen LogP contribution in [0.25, 0.3) is 0 Å². The van der Waals surface area contributed by atoms with Crippen molar-refractivity contribution in [2.75, 3.05) is 24.5 Å². The number of hydrogen-bond donors (Lipinski definition) is 0. The summed E-state index contributed by atoms with van der Waals surface area (Å²) in [6.07, 6.45) is 3.81. The molecule has 5 heteroatoms. The summed E-state index contributed by atoms with van der Waals surface area (Å²) >= 11 is 7.00. The quantitative estimate of drug-likeness (QED) is 0.798. The number of para-hydroxylation sites is 1. The van der Waals surface area contributed by atoms with Gasteiger partial charge in [0.1, 0.15) is 9.57 Å². The standard InChI is InChI=1S/C16H20N2OS2/c1-12-7-3-4-8-13(12)18-15(19)14(21-16(18)20)11-17-9-5-2-6-10-17/h3-4,7-8,14H,2,5-6,9-11H2,1H3/t14-/m1/s1. The van der Waals surface area contributed by atoms with Crippen molar-refractivity contribution in [1.82, 2.24) is 4.90 Å². The Kier molecular flexibility index (Phi) is 4.62. The number of aryl methyl sites for hydroxylation is 1. The molecule has 2 aliphatic rings. The average Bonchev–Trinajstić information content (AvgIpc) is 2.76. The zero-order valence-corrected chi connectivity index (χ0v) is 13.9. The van der Waals surface area contributed by atoms with Gasteiger partial charge in [0.05, 0.1) is 5.69 Å². The molecule has 0 bridgehead atoms. The predicted molar refractivity (Wildman–Crippen MR) is 92.9 cm³/mol. The largest absolute Gasteiger partial charge is 0.302 e. The summed E-state index contributed by atoms with van der Waals surface area (Å²) < 4.78 is 0.691. The van der Waals surface area contributed by atoms with E-state index in [1.165, 1.54) is 19.3 Å². The first-order valence-corrected chi connectivity index (χ1v) is 8.78. The van der Waals surface area contributed by atoms with Crippen LogP contribution in [-0.4, -0.2) is 40.0 Å². The van der Waals surface area contributed by atoms with Crippen LogP contribution in [0.4, 0.5) is 5.69 Å². The fourth-order valence-corrected chi connectivity index (χ4v) is 4.55. The molecule has 0 radical (unpaired) electrons. The molecule has 1 amide bonds. The molecule has 1 aromatic carbocycles. The first-order valence-electron chi connectivity index (χ1n) is 7.49. The SMILES string of the molecule is Cc1ccccc1N1C(=O)[C@@H](CN2CCCCC2)SC1=S. The van der Waals surface area contributed by atoms with Gasteiger partial charge in [0, 0.05) is 6.54 Å². The summed E-state index contributed by atoms with van der Waals surface area (Å²) in [6, 6.07) is 7.94. The second kappa shape index (κ2) is 6.46. The molecule has 2 fully saturated rings. The Morgan fingerprint density at radius 2 is 1.95 bits per heavy atom. The van der Waals surface area contributed by atoms with Crippen LogP contribution < -0.4 is 4.90 Å². The van der Waals surface area contributed by atoms with E-state index in [0.717, 1.165) is 30.9 Å². The third kappa shape index (κ3) is 3.15. The van der Waals surface area contributed by atoms with E-state index in [1.54, 1.807) is 16.7 Å². The first kappa shape index (κ1) is 15.0. The lowest BCUT2D eigenvalue weighted by atomic mass is 10.1. The molecular weight excluding hydrogens is 300 g/mol. The number of amides is 1. The summed E-state index contributed by atoms with van der Waals surface area (Å²) in [6.45, 7) is 5.07. The number of benzene rings is 1. The molecule has 0 spiro atoms. The van der Waals surface area contributed by atoms with Crippen molar-refractivity contribution in [2.24, 2.45) is 0 Å². The molecule has 0 N–H and O–H groups in total. The van der Waals surface area contributed by atoms with Crippen molar-refractivity contribution in [3.05, 3.63) is 29.8 Å². The van der Waals surface area contributed by atoms with Gasteiger partial charge in [-0.15, -0.1) is 0 Å². The fourth-order valence-electron chi connectivity index (χ4n) is 2.98. The minimum atomic E-state index is -0.0461. The second-order valence-electron chi connectivity index (χ2n) is 5.69. The number of piperidine rings is 1. The second-order valence-corrected chi connectivity index (χ2v) is 7.53. The highest BCUT2D eigenvalue weighted by atomic mass is 32.2. The Morgan fingerprint density at radius 1 is 1.24 bits per heavy atom. The van der Waals surface area contributed by atoms with Gasteiger partial charge in [-0.2, -0.15) is 0 Å². The highest BCUT2D eigenvalue weighted by Gasteiger charge is 2.39. The molecule has 0 unspecified atom stereocenters. The van der Waals surface area contributed by atoms with E-state index in [1.807, 2.05) is 31.2 Å². The third-order valence-corrected chi connectivity index (χ3v) is 5.64. The average molecular weight is 320 g/mol. The summed E-state index contributed by atoms with van der Waals surface area (Å²) in [4.78, 5) is 16.9. The van der Waals surface area contributed by atoms with Gasteiger partial charge >= 0.3 is 0 Å². The lowest BCUT2D eigenvalue weighted by Crippen LogP contribution is -2.40. The van der Waals surface area contributed by atoms with Crippen molar-refractivity contribution in [3.63, 3.8) is 0 Å². The van der Waals surface area contributed by atoms with Crippen LogP contribution in [0.3, 0.4) is 0 Å². The summed E-state index contributed by atoms with van der Waals surface area (Å²) in [5.41, 5.74) is 2.02. The molecule has 1 aromatic rings. The summed E-state index contributed by atoms with van der Waals surface area (Å²) in [7, 11) is 0. The van der Waals surface area contributed by atoms with E-state index in [2.05, 4.69) is 4.90 Å². The molecule has 0 aliphatic carbocycles. The van der Waals surface area contributed by atoms with Gasteiger partial charge in [0.2, 0.25) is 5.91 Å². The van der Waals surface area contributed by atoms with Crippen molar-refractivity contribution in [2.45, 2.75) is 31.4 Å². The number of carbonyl (C=O) groups is 1. The third-order valence-electron chi connectivity index (χ3n) is 4.15. The van der Waals surface area contributed by atoms with Crippen LogP contribution in [0.5, 0.6) is 0 Å². The maximum atomic E-state index is 12.7. The summed E-state index contributed by atoms with van der Waals surface area (Å²) in [5, 5.41) is -0.0461. The highest BCUT2D eigenvalue weighted by Crippen LogP contribution is 2.34. The van der Waals surface area contributed by atoms with Gasteiger partial charge in [-0.1, -0.05) is 48.6 Å². The number of nitrogens with zero attached hydrogens (tertiary/aromatic N) is 2. The maximum Gasteiger partial charge on any atom is 0.247 e. The Bertz CT molecular complexity index is 555. The van der Waals surface area contributed by atoms with Crippen molar-refractivity contribution < 1.29 is 4.79 Å². The molecule has 112 valence electrons. The van der Waals surface area contributed by atoms with Crippen molar-refractivity contribution in [1.29, 1.82) is 0 Å². The van der Waals surface area contributed by atoms with Crippen LogP contribution in [0.1, 0.15) is 24.8 Å². The van der Waals surface area contributed by atoms with Crippen molar-refractivity contribution >= 4 is 39.9 Å². The normalized spacial score (nSPS) is 23.9. The molecule has 0 aromatic heterocycles. The number of anilines is 1. The first-order chi connectivity index (χ1) is 10.2. The molecule has 2 aliphatic heterocycles. The van der Waals surface area contributed by atoms with Gasteiger partial charge in [-0.3, -0.25) is 9.69 Å². The monoisotopic (exact) mass is 320 g/mol. The highest BCUT2D eigenvalue weighted by molar-refractivity contribution is 8.25. The van der Waals surface area contributed by atoms with E-state index in [4.69, 9.17) is 12.2 Å². The molecule has 1 atom stereocenters. The fraction of sp³-hybridized carbons (Fsp3) is 0.500. The number of likely N-dealkylation sites (tertiary alicyclic amines) is 1. The smallest absolute Gasteiger partial charge is 0.247 e. The number of rotatable bonds is 3. The Labute approximate surface area is 135 Å². The molecule has 0 saturated carbocycles. The minimum absolute atomic E-state index is 0.0461. The Morgan fingerprint density at radius 3 is 2.67 bits per heavy atom. The van der Waals surface area contributed by atoms with Crippen LogP contribution in [-0.2, 0) is 4.79 Å². The van der Waals surface area contributed by atoms with E-state index in [-0.39, 0.29) is 11.2 Å². The van der Waals surface area contributed by atoms with Crippen LogP contribution in [0.2, 0.25) is 0 Å². The lowest BCUT2D eigenvalue weighted by molar-refractivity contribution is -0.117. The van der Waals surface area contributed by atoms with Gasteiger partial charge in [-0.05, 0) is 44.5 Å². The topological polar surface area (TPSA) is 23.6 Å². The van der Waals surface area contributed by atoms with Crippen LogP contribution >= 0.6 is 24.0 Å². The molecule has 2 saturated heterocycles. The van der Waals surface area contributed by atoms with Gasteiger partial charge in [-0.25, -0.2) is 0 Å². The lowest BCUT2D eigenvalue weighted by Gasteiger charge is -2.27. The number of thiocarbonyl (C=S) groups is 1.